The highest BCUT2D eigenvalue weighted by molar-refractivity contribution is 9.10. The Hall–Kier alpha value is -0.340. The molecule has 0 spiro atoms. The van der Waals surface area contributed by atoms with Gasteiger partial charge in [-0.2, -0.15) is 0 Å². The van der Waals surface area contributed by atoms with E-state index < -0.39 is 5.60 Å². The minimum Gasteiger partial charge on any atom is -0.385 e. The second-order valence-corrected chi connectivity index (χ2v) is 5.05. The van der Waals surface area contributed by atoms with E-state index in [1.165, 1.54) is 0 Å². The summed E-state index contributed by atoms with van der Waals surface area (Å²) in [6.07, 6.45) is 3.13. The van der Waals surface area contributed by atoms with Crippen molar-refractivity contribution in [1.82, 2.24) is 0 Å². The minimum atomic E-state index is -0.611. The van der Waals surface area contributed by atoms with Gasteiger partial charge in [-0.15, -0.1) is 0 Å². The van der Waals surface area contributed by atoms with Gasteiger partial charge in [-0.25, -0.2) is 0 Å². The number of halogens is 1. The predicted molar refractivity (Wildman–Crippen MR) is 61.1 cm³/mol. The van der Waals surface area contributed by atoms with E-state index in [1.807, 2.05) is 24.3 Å². The van der Waals surface area contributed by atoms with Gasteiger partial charge in [-0.3, -0.25) is 0 Å². The first-order chi connectivity index (χ1) is 6.64. The molecule has 1 nitrogen and oxygen atoms in total. The third-order valence-corrected chi connectivity index (χ3v) is 4.04. The van der Waals surface area contributed by atoms with Crippen molar-refractivity contribution in [3.8, 4) is 0 Å². The second kappa shape index (κ2) is 3.67. The summed E-state index contributed by atoms with van der Waals surface area (Å²) in [5.41, 5.74) is 0.435. The third kappa shape index (κ3) is 1.51. The van der Waals surface area contributed by atoms with E-state index in [0.717, 1.165) is 29.3 Å². The zero-order chi connectivity index (χ0) is 10.2. The molecule has 0 saturated heterocycles. The maximum atomic E-state index is 10.6. The Balaban J connectivity index is 2.43. The molecule has 1 fully saturated rings. The number of hydrogen-bond donors (Lipinski definition) is 1. The van der Waals surface area contributed by atoms with Gasteiger partial charge >= 0.3 is 0 Å². The monoisotopic (exact) mass is 254 g/mol. The molecule has 0 unspecified atom stereocenters. The third-order valence-electron chi connectivity index (χ3n) is 3.35. The Labute approximate surface area is 93.3 Å². The Morgan fingerprint density at radius 3 is 2.71 bits per heavy atom. The van der Waals surface area contributed by atoms with Crippen LogP contribution in [0.15, 0.2) is 28.7 Å². The molecule has 2 atom stereocenters. The smallest absolute Gasteiger partial charge is 0.0932 e. The van der Waals surface area contributed by atoms with Crippen molar-refractivity contribution in [3.63, 3.8) is 0 Å². The lowest BCUT2D eigenvalue weighted by atomic mass is 9.85. The molecule has 1 saturated carbocycles. The van der Waals surface area contributed by atoms with Gasteiger partial charge < -0.3 is 5.11 Å². The average Bonchev–Trinajstić information content (AvgIpc) is 2.49. The minimum absolute atomic E-state index is 0.362. The molecular weight excluding hydrogens is 240 g/mol. The number of hydrogen-bond acceptors (Lipinski definition) is 1. The van der Waals surface area contributed by atoms with Gasteiger partial charge in [0.15, 0.2) is 0 Å². The Morgan fingerprint density at radius 1 is 1.43 bits per heavy atom. The molecule has 0 bridgehead atoms. The van der Waals surface area contributed by atoms with Crippen LogP contribution in [0.5, 0.6) is 0 Å². The number of benzene rings is 1. The van der Waals surface area contributed by atoms with E-state index in [9.17, 15) is 5.11 Å². The van der Waals surface area contributed by atoms with E-state index >= 15 is 0 Å². The van der Waals surface area contributed by atoms with Crippen molar-refractivity contribution < 1.29 is 5.11 Å². The van der Waals surface area contributed by atoms with Gasteiger partial charge in [0, 0.05) is 4.47 Å². The molecule has 2 rings (SSSR count). The standard InChI is InChI=1S/C12H15BrO/c1-9-5-4-8-12(9,14)10-6-2-3-7-11(10)13/h2-3,6-7,9,14H,4-5,8H2,1H3/t9-,12-/m1/s1. The molecular formula is C12H15BrO. The fourth-order valence-electron chi connectivity index (χ4n) is 2.38. The normalized spacial score (nSPS) is 32.1. The van der Waals surface area contributed by atoms with E-state index in [1.54, 1.807) is 0 Å². The fraction of sp³-hybridized carbons (Fsp3) is 0.500. The summed E-state index contributed by atoms with van der Waals surface area (Å²) >= 11 is 3.51. The van der Waals surface area contributed by atoms with Gasteiger partial charge in [-0.05, 0) is 36.8 Å². The molecule has 1 aliphatic carbocycles. The molecule has 0 aliphatic heterocycles. The molecule has 0 heterocycles. The van der Waals surface area contributed by atoms with Crippen LogP contribution in [-0.4, -0.2) is 5.11 Å². The van der Waals surface area contributed by atoms with Gasteiger partial charge in [0.2, 0.25) is 0 Å². The van der Waals surface area contributed by atoms with Crippen molar-refractivity contribution in [2.45, 2.75) is 31.8 Å². The maximum absolute atomic E-state index is 10.6. The molecule has 14 heavy (non-hydrogen) atoms. The topological polar surface area (TPSA) is 20.2 Å². The van der Waals surface area contributed by atoms with Crippen LogP contribution < -0.4 is 0 Å². The Morgan fingerprint density at radius 2 is 2.14 bits per heavy atom. The van der Waals surface area contributed by atoms with Crippen LogP contribution in [0.3, 0.4) is 0 Å². The van der Waals surface area contributed by atoms with Crippen LogP contribution in [0.2, 0.25) is 0 Å². The van der Waals surface area contributed by atoms with Crippen molar-refractivity contribution in [2.24, 2.45) is 5.92 Å². The molecule has 76 valence electrons. The highest BCUT2D eigenvalue weighted by Gasteiger charge is 2.40. The fourth-order valence-corrected chi connectivity index (χ4v) is 3.00. The predicted octanol–water partition coefficient (Wildman–Crippen LogP) is 3.46. The number of aliphatic hydroxyl groups is 1. The van der Waals surface area contributed by atoms with Crippen LogP contribution in [0.25, 0.3) is 0 Å². The van der Waals surface area contributed by atoms with Gasteiger partial charge in [-0.1, -0.05) is 41.1 Å². The SMILES string of the molecule is C[C@@H]1CCC[C@]1(O)c1ccccc1Br. The lowest BCUT2D eigenvalue weighted by Crippen LogP contribution is -2.28. The summed E-state index contributed by atoms with van der Waals surface area (Å²) in [6.45, 7) is 2.13. The summed E-state index contributed by atoms with van der Waals surface area (Å²) in [6, 6.07) is 7.99. The summed E-state index contributed by atoms with van der Waals surface area (Å²) in [5.74, 6) is 0.362. The van der Waals surface area contributed by atoms with Crippen LogP contribution in [0, 0.1) is 5.92 Å². The first-order valence-corrected chi connectivity index (χ1v) is 5.91. The first kappa shape index (κ1) is 10.2. The van der Waals surface area contributed by atoms with Crippen molar-refractivity contribution in [3.05, 3.63) is 34.3 Å². The molecule has 1 aromatic carbocycles. The van der Waals surface area contributed by atoms with Gasteiger partial charge in [0.25, 0.3) is 0 Å². The van der Waals surface area contributed by atoms with Crippen LogP contribution in [0.1, 0.15) is 31.7 Å². The van der Waals surface area contributed by atoms with E-state index in [2.05, 4.69) is 22.9 Å². The van der Waals surface area contributed by atoms with Gasteiger partial charge in [0.1, 0.15) is 0 Å². The first-order valence-electron chi connectivity index (χ1n) is 5.12. The summed E-state index contributed by atoms with van der Waals surface area (Å²) in [5, 5.41) is 10.6. The van der Waals surface area contributed by atoms with Crippen molar-refractivity contribution in [1.29, 1.82) is 0 Å². The molecule has 0 amide bonds. The zero-order valence-electron chi connectivity index (χ0n) is 8.33. The van der Waals surface area contributed by atoms with E-state index in [4.69, 9.17) is 0 Å². The Bertz CT molecular complexity index is 337. The number of rotatable bonds is 1. The molecule has 1 aromatic rings. The highest BCUT2D eigenvalue weighted by Crippen LogP contribution is 2.45. The molecule has 2 heteroatoms. The lowest BCUT2D eigenvalue weighted by molar-refractivity contribution is 0.00380. The molecule has 1 aliphatic rings. The average molecular weight is 255 g/mol. The van der Waals surface area contributed by atoms with Crippen LogP contribution >= 0.6 is 15.9 Å². The molecule has 0 aromatic heterocycles. The van der Waals surface area contributed by atoms with E-state index in [0.29, 0.717) is 5.92 Å². The highest BCUT2D eigenvalue weighted by atomic mass is 79.9. The second-order valence-electron chi connectivity index (χ2n) is 4.20. The Kier molecular flexibility index (Phi) is 2.67. The molecule has 0 radical (unpaired) electrons. The lowest BCUT2D eigenvalue weighted by Gasteiger charge is -2.29. The van der Waals surface area contributed by atoms with Crippen LogP contribution in [0.4, 0.5) is 0 Å². The van der Waals surface area contributed by atoms with Crippen molar-refractivity contribution in [2.75, 3.05) is 0 Å². The summed E-state index contributed by atoms with van der Waals surface area (Å²) in [4.78, 5) is 0. The van der Waals surface area contributed by atoms with Gasteiger partial charge in [0.05, 0.1) is 5.60 Å². The molecule has 1 N–H and O–H groups in total. The maximum Gasteiger partial charge on any atom is 0.0932 e. The summed E-state index contributed by atoms with van der Waals surface area (Å²) < 4.78 is 1.02. The largest absolute Gasteiger partial charge is 0.385 e. The van der Waals surface area contributed by atoms with E-state index in [-0.39, 0.29) is 0 Å². The van der Waals surface area contributed by atoms with Crippen molar-refractivity contribution >= 4 is 15.9 Å². The zero-order valence-corrected chi connectivity index (χ0v) is 9.92. The quantitative estimate of drug-likeness (QED) is 0.814. The summed E-state index contributed by atoms with van der Waals surface area (Å²) in [7, 11) is 0. The van der Waals surface area contributed by atoms with Crippen LogP contribution in [-0.2, 0) is 5.60 Å².